The highest BCUT2D eigenvalue weighted by molar-refractivity contribution is 5.87. The van der Waals surface area contributed by atoms with Crippen LogP contribution >= 0.6 is 0 Å². The van der Waals surface area contributed by atoms with E-state index in [0.717, 1.165) is 32.1 Å². The number of hydrogen-bond acceptors (Lipinski definition) is 5. The van der Waals surface area contributed by atoms with E-state index in [-0.39, 0.29) is 17.8 Å². The van der Waals surface area contributed by atoms with Crippen LogP contribution in [0.1, 0.15) is 200 Å². The van der Waals surface area contributed by atoms with Crippen LogP contribution in [0.15, 0.2) is 0 Å². The molecular formula is C37H74N6O4. The maximum absolute atomic E-state index is 13.0. The van der Waals surface area contributed by atoms with E-state index < -0.39 is 11.1 Å². The number of carbonyl (C=O) groups is 2. The van der Waals surface area contributed by atoms with Crippen molar-refractivity contribution in [3.8, 4) is 0 Å². The lowest BCUT2D eigenvalue weighted by molar-refractivity contribution is -0.525. The molecule has 0 radical (unpaired) electrons. The summed E-state index contributed by atoms with van der Waals surface area (Å²) in [6.07, 6.45) is 33.8. The van der Waals surface area contributed by atoms with E-state index in [1.165, 1.54) is 128 Å². The largest absolute Gasteiger partial charge is 0.354 e. The Hall–Kier alpha value is -2.39. The second-order valence-electron chi connectivity index (χ2n) is 13.5. The van der Waals surface area contributed by atoms with Gasteiger partial charge in [-0.15, -0.1) is 0 Å². The highest BCUT2D eigenvalue weighted by Crippen LogP contribution is 2.14. The number of hydrogen-bond donors (Lipinski definition) is 5. The summed E-state index contributed by atoms with van der Waals surface area (Å²) in [6, 6.07) is -0.585. The summed E-state index contributed by atoms with van der Waals surface area (Å²) in [5.74, 6) is -0.576. The van der Waals surface area contributed by atoms with Crippen LogP contribution in [0.25, 0.3) is 0 Å². The summed E-state index contributed by atoms with van der Waals surface area (Å²) in [6.45, 7) is 5.50. The minimum atomic E-state index is -0.779. The van der Waals surface area contributed by atoms with Gasteiger partial charge in [-0.2, -0.15) is 0 Å². The fourth-order valence-corrected chi connectivity index (χ4v) is 5.96. The summed E-state index contributed by atoms with van der Waals surface area (Å²) in [5, 5.41) is 25.8. The molecule has 5 N–H and O–H groups in total. The van der Waals surface area contributed by atoms with Gasteiger partial charge >= 0.3 is 0 Å². The van der Waals surface area contributed by atoms with E-state index >= 15 is 0 Å². The number of amides is 2. The van der Waals surface area contributed by atoms with Crippen LogP contribution in [0.2, 0.25) is 0 Å². The minimum Gasteiger partial charge on any atom is -0.354 e. The Bertz CT molecular complexity index is 767. The first-order chi connectivity index (χ1) is 22.9. The second-order valence-corrected chi connectivity index (χ2v) is 13.5. The first kappa shape index (κ1) is 44.6. The van der Waals surface area contributed by atoms with E-state index in [1.54, 1.807) is 5.43 Å². The smallest absolute Gasteiger partial charge is 0.251 e. The van der Waals surface area contributed by atoms with Gasteiger partial charge in [0.15, 0.2) is 5.03 Å². The Morgan fingerprint density at radius 1 is 0.574 bits per heavy atom. The molecule has 0 fully saturated rings. The molecule has 0 heterocycles. The number of hydrazine groups is 1. The lowest BCUT2D eigenvalue weighted by Crippen LogP contribution is -2.47. The molecule has 0 aromatic rings. The van der Waals surface area contributed by atoms with Crippen LogP contribution in [0.4, 0.5) is 0 Å². The average molecular weight is 667 g/mol. The van der Waals surface area contributed by atoms with E-state index in [4.69, 9.17) is 5.41 Å². The molecule has 0 aromatic heterocycles. The second kappa shape index (κ2) is 34.9. The van der Waals surface area contributed by atoms with Gasteiger partial charge in [0.2, 0.25) is 11.8 Å². The van der Waals surface area contributed by atoms with Crippen molar-refractivity contribution in [2.24, 2.45) is 0 Å². The minimum absolute atomic E-state index is 0.0751. The summed E-state index contributed by atoms with van der Waals surface area (Å²) in [7, 11) is 0. The molecule has 10 heteroatoms. The molecule has 0 aliphatic rings. The van der Waals surface area contributed by atoms with E-state index in [2.05, 4.69) is 29.8 Å². The molecular weight excluding hydrogens is 592 g/mol. The van der Waals surface area contributed by atoms with Crippen LogP contribution in [0.5, 0.6) is 0 Å². The van der Waals surface area contributed by atoms with Crippen molar-refractivity contribution < 1.29 is 14.6 Å². The Kier molecular flexibility index (Phi) is 33.2. The molecule has 2 amide bonds. The zero-order chi connectivity index (χ0) is 34.6. The molecule has 276 valence electrons. The lowest BCUT2D eigenvalue weighted by atomic mass is 10.0. The number of nitrogens with zero attached hydrogens (tertiary/aromatic N) is 1. The molecule has 0 rings (SSSR count). The Morgan fingerprint density at radius 3 is 1.40 bits per heavy atom. The van der Waals surface area contributed by atoms with Gasteiger partial charge in [0.25, 0.3) is 5.96 Å². The van der Waals surface area contributed by atoms with Crippen molar-refractivity contribution in [2.45, 2.75) is 206 Å². The number of nitro groups is 1. The van der Waals surface area contributed by atoms with E-state index in [1.807, 2.05) is 0 Å². The SMILES string of the molecule is CCCCCCCCCCCCCCCCCC(=O)N[C@@H](CCCCNC(=N)N[N+](=O)[O-])C(=O)NCCCCCCCCCCCC. The monoisotopic (exact) mass is 667 g/mol. The van der Waals surface area contributed by atoms with Gasteiger partial charge in [0.1, 0.15) is 6.04 Å². The molecule has 1 atom stereocenters. The Balaban J connectivity index is 4.20. The van der Waals surface area contributed by atoms with Crippen molar-refractivity contribution in [1.82, 2.24) is 21.4 Å². The van der Waals surface area contributed by atoms with Gasteiger partial charge < -0.3 is 16.0 Å². The van der Waals surface area contributed by atoms with Gasteiger partial charge in [-0.05, 0) is 32.1 Å². The predicted octanol–water partition coefficient (Wildman–Crippen LogP) is 9.25. The number of unbranched alkanes of at least 4 members (excludes halogenated alkanes) is 24. The zero-order valence-electron chi connectivity index (χ0n) is 30.6. The maximum Gasteiger partial charge on any atom is 0.251 e. The van der Waals surface area contributed by atoms with Crippen molar-refractivity contribution in [2.75, 3.05) is 13.1 Å². The molecule has 47 heavy (non-hydrogen) atoms. The molecule has 0 bridgehead atoms. The third-order valence-corrected chi connectivity index (χ3v) is 8.91. The summed E-state index contributed by atoms with van der Waals surface area (Å²) >= 11 is 0. The van der Waals surface area contributed by atoms with Crippen molar-refractivity contribution in [3.05, 3.63) is 10.1 Å². The summed E-state index contributed by atoms with van der Waals surface area (Å²) in [5.41, 5.74) is 1.77. The van der Waals surface area contributed by atoms with Crippen molar-refractivity contribution in [3.63, 3.8) is 0 Å². The van der Waals surface area contributed by atoms with Crippen molar-refractivity contribution in [1.29, 1.82) is 5.41 Å². The highest BCUT2D eigenvalue weighted by Gasteiger charge is 2.20. The third kappa shape index (κ3) is 33.3. The third-order valence-electron chi connectivity index (χ3n) is 8.91. The summed E-state index contributed by atoms with van der Waals surface area (Å²) < 4.78 is 0. The lowest BCUT2D eigenvalue weighted by Gasteiger charge is -2.19. The first-order valence-electron chi connectivity index (χ1n) is 19.7. The van der Waals surface area contributed by atoms with Crippen LogP contribution in [0, 0.1) is 15.5 Å². The predicted molar refractivity (Wildman–Crippen MR) is 196 cm³/mol. The molecule has 0 unspecified atom stereocenters. The number of carbonyl (C=O) groups excluding carboxylic acids is 2. The van der Waals surface area contributed by atoms with Crippen LogP contribution in [-0.2, 0) is 9.59 Å². The molecule has 0 saturated heterocycles. The topological polar surface area (TPSA) is 149 Å². The molecule has 10 nitrogen and oxygen atoms in total. The quantitative estimate of drug-likeness (QED) is 0.0150. The van der Waals surface area contributed by atoms with E-state index in [0.29, 0.717) is 38.8 Å². The molecule has 0 spiro atoms. The highest BCUT2D eigenvalue weighted by atomic mass is 16.7. The van der Waals surface area contributed by atoms with E-state index in [9.17, 15) is 19.7 Å². The number of rotatable bonds is 35. The van der Waals surface area contributed by atoms with Crippen LogP contribution in [-0.4, -0.2) is 41.9 Å². The van der Waals surface area contributed by atoms with Crippen molar-refractivity contribution >= 4 is 17.8 Å². The number of nitrogens with one attached hydrogen (secondary N) is 5. The van der Waals surface area contributed by atoms with Gasteiger partial charge in [-0.1, -0.05) is 167 Å². The Labute approximate surface area is 288 Å². The van der Waals surface area contributed by atoms with Gasteiger partial charge in [0.05, 0.1) is 0 Å². The average Bonchev–Trinajstić information content (AvgIpc) is 3.04. The molecule has 0 aliphatic carbocycles. The molecule has 0 aliphatic heterocycles. The fraction of sp³-hybridized carbons (Fsp3) is 0.919. The Morgan fingerprint density at radius 2 is 0.957 bits per heavy atom. The molecule has 0 aromatic carbocycles. The van der Waals surface area contributed by atoms with Gasteiger partial charge in [-0.25, -0.2) is 10.1 Å². The van der Waals surface area contributed by atoms with Crippen LogP contribution < -0.4 is 21.4 Å². The maximum atomic E-state index is 13.0. The zero-order valence-corrected chi connectivity index (χ0v) is 30.6. The number of guanidine groups is 1. The first-order valence-corrected chi connectivity index (χ1v) is 19.7. The summed E-state index contributed by atoms with van der Waals surface area (Å²) in [4.78, 5) is 36.1. The van der Waals surface area contributed by atoms with Gasteiger partial charge in [0, 0.05) is 19.5 Å². The fourth-order valence-electron chi connectivity index (χ4n) is 5.96. The van der Waals surface area contributed by atoms with Gasteiger partial charge in [-0.3, -0.25) is 15.0 Å². The standard InChI is InChI=1S/C37H74N6O4/c1-3-5-7-9-11-13-15-16-17-18-19-20-22-24-26-31-35(44)41-34(30-27-29-33-40-37(38)42-43(46)47)36(45)39-32-28-25-23-21-14-12-10-8-6-4-2/h34H,3-33H2,1-2H3,(H,39,45)(H,41,44)(H3,38,40,42)/t34-/m0/s1. The molecule has 0 saturated carbocycles. The normalized spacial score (nSPS) is 11.6. The van der Waals surface area contributed by atoms with Crippen LogP contribution in [0.3, 0.4) is 0 Å².